The van der Waals surface area contributed by atoms with Gasteiger partial charge in [-0.05, 0) is 27.7 Å². The van der Waals surface area contributed by atoms with Gasteiger partial charge >= 0.3 is 11.9 Å². The molecule has 1 aliphatic heterocycles. The molecule has 25 heavy (non-hydrogen) atoms. The summed E-state index contributed by atoms with van der Waals surface area (Å²) in [6, 6.07) is 0. The Morgan fingerprint density at radius 3 is 2.80 bits per heavy atom. The lowest BCUT2D eigenvalue weighted by Gasteiger charge is -2.29. The predicted octanol–water partition coefficient (Wildman–Crippen LogP) is 2.93. The summed E-state index contributed by atoms with van der Waals surface area (Å²) in [4.78, 5) is 24.5. The van der Waals surface area contributed by atoms with Crippen LogP contribution in [0, 0.1) is 18.8 Å². The molecular weight excluding hydrogens is 324 g/mol. The lowest BCUT2D eigenvalue weighted by Crippen LogP contribution is -2.36. The number of aliphatic hydroxyl groups is 1. The molecule has 0 radical (unpaired) electrons. The molecule has 2 aliphatic rings. The van der Waals surface area contributed by atoms with Gasteiger partial charge in [-0.2, -0.15) is 0 Å². The number of carbonyl (C=O) groups excluding carboxylic acids is 2. The van der Waals surface area contributed by atoms with Gasteiger partial charge in [0, 0.05) is 23.1 Å². The van der Waals surface area contributed by atoms with Gasteiger partial charge in [0.25, 0.3) is 0 Å². The van der Waals surface area contributed by atoms with E-state index in [0.29, 0.717) is 22.5 Å². The number of ether oxygens (including phenoxy) is 2. The Bertz CT molecular complexity index is 741. The minimum absolute atomic E-state index is 0.170. The highest BCUT2D eigenvalue weighted by Gasteiger charge is 2.55. The zero-order chi connectivity index (χ0) is 18.5. The first-order chi connectivity index (χ1) is 11.7. The van der Waals surface area contributed by atoms with Crippen LogP contribution in [0.1, 0.15) is 57.1 Å². The molecule has 6 nitrogen and oxygen atoms in total. The Morgan fingerprint density at radius 1 is 1.48 bits per heavy atom. The molecule has 2 heterocycles. The molecule has 1 aromatic rings. The molecule has 0 bridgehead atoms. The standard InChI is InChI=1S/C19H24O6/c1-6-9(2)17(20)24-13-7-19(5,22)12-8-23-11(4)15(12)16-14(13)10(3)18(21)25-16/h6,8,10,13-14,16,22H,7H2,1-5H3. The summed E-state index contributed by atoms with van der Waals surface area (Å²) < 4.78 is 16.8. The average Bonchev–Trinajstić information content (AvgIpc) is 3.03. The maximum atomic E-state index is 12.3. The van der Waals surface area contributed by atoms with Crippen molar-refractivity contribution in [3.05, 3.63) is 34.8 Å². The summed E-state index contributed by atoms with van der Waals surface area (Å²) in [6.45, 7) is 8.64. The summed E-state index contributed by atoms with van der Waals surface area (Å²) in [7, 11) is 0. The van der Waals surface area contributed by atoms with E-state index in [4.69, 9.17) is 13.9 Å². The van der Waals surface area contributed by atoms with Crippen LogP contribution in [0.5, 0.6) is 0 Å². The van der Waals surface area contributed by atoms with Crippen LogP contribution in [-0.2, 0) is 24.7 Å². The second-order valence-corrected chi connectivity index (χ2v) is 7.24. The van der Waals surface area contributed by atoms with Crippen LogP contribution in [0.4, 0.5) is 0 Å². The summed E-state index contributed by atoms with van der Waals surface area (Å²) in [5.41, 5.74) is 0.506. The van der Waals surface area contributed by atoms with Crippen molar-refractivity contribution in [3.8, 4) is 0 Å². The Balaban J connectivity index is 2.06. The largest absolute Gasteiger partial charge is 0.469 e. The Hall–Kier alpha value is -2.08. The van der Waals surface area contributed by atoms with Crippen molar-refractivity contribution in [2.45, 2.75) is 58.8 Å². The van der Waals surface area contributed by atoms with E-state index in [2.05, 4.69) is 0 Å². The molecule has 1 fully saturated rings. The highest BCUT2D eigenvalue weighted by molar-refractivity contribution is 5.87. The lowest BCUT2D eigenvalue weighted by atomic mass is 9.83. The number of esters is 2. The number of hydrogen-bond donors (Lipinski definition) is 1. The van der Waals surface area contributed by atoms with Crippen LogP contribution in [0.3, 0.4) is 0 Å². The van der Waals surface area contributed by atoms with E-state index < -0.39 is 29.7 Å². The van der Waals surface area contributed by atoms with E-state index in [1.54, 1.807) is 40.7 Å². The molecule has 1 aliphatic carbocycles. The first-order valence-electron chi connectivity index (χ1n) is 8.52. The van der Waals surface area contributed by atoms with Crippen LogP contribution < -0.4 is 0 Å². The third kappa shape index (κ3) is 2.78. The van der Waals surface area contributed by atoms with Gasteiger partial charge in [-0.15, -0.1) is 0 Å². The van der Waals surface area contributed by atoms with Gasteiger partial charge in [-0.3, -0.25) is 4.79 Å². The number of allylic oxidation sites excluding steroid dienone is 1. The maximum absolute atomic E-state index is 12.3. The maximum Gasteiger partial charge on any atom is 0.333 e. The second-order valence-electron chi connectivity index (χ2n) is 7.24. The Morgan fingerprint density at radius 2 is 2.16 bits per heavy atom. The summed E-state index contributed by atoms with van der Waals surface area (Å²) in [5, 5.41) is 11.0. The molecule has 6 heteroatoms. The minimum Gasteiger partial charge on any atom is -0.469 e. The van der Waals surface area contributed by atoms with Crippen LogP contribution in [0.15, 0.2) is 22.3 Å². The molecule has 0 aromatic carbocycles. The zero-order valence-corrected chi connectivity index (χ0v) is 15.2. The summed E-state index contributed by atoms with van der Waals surface area (Å²) in [5.74, 6) is -0.984. The molecule has 5 unspecified atom stereocenters. The van der Waals surface area contributed by atoms with Crippen molar-refractivity contribution in [3.63, 3.8) is 0 Å². The van der Waals surface area contributed by atoms with Gasteiger partial charge in [-0.1, -0.05) is 13.0 Å². The van der Waals surface area contributed by atoms with Gasteiger partial charge < -0.3 is 19.0 Å². The Labute approximate surface area is 146 Å². The normalized spacial score (nSPS) is 34.8. The van der Waals surface area contributed by atoms with Crippen LogP contribution >= 0.6 is 0 Å². The van der Waals surface area contributed by atoms with Crippen molar-refractivity contribution in [2.75, 3.05) is 0 Å². The van der Waals surface area contributed by atoms with E-state index >= 15 is 0 Å². The first kappa shape index (κ1) is 17.7. The van der Waals surface area contributed by atoms with E-state index in [-0.39, 0.29) is 18.3 Å². The smallest absolute Gasteiger partial charge is 0.333 e. The van der Waals surface area contributed by atoms with Gasteiger partial charge in [0.05, 0.1) is 23.7 Å². The van der Waals surface area contributed by atoms with Gasteiger partial charge in [0.15, 0.2) is 0 Å². The lowest BCUT2D eigenvalue weighted by molar-refractivity contribution is -0.152. The quantitative estimate of drug-likeness (QED) is 0.653. The zero-order valence-electron chi connectivity index (χ0n) is 15.2. The fourth-order valence-electron chi connectivity index (χ4n) is 3.84. The molecule has 1 saturated heterocycles. The van der Waals surface area contributed by atoms with Crippen LogP contribution in [0.2, 0.25) is 0 Å². The number of rotatable bonds is 2. The molecule has 136 valence electrons. The van der Waals surface area contributed by atoms with E-state index in [1.165, 1.54) is 6.26 Å². The number of furan rings is 1. The van der Waals surface area contributed by atoms with E-state index in [1.807, 2.05) is 0 Å². The highest BCUT2D eigenvalue weighted by Crippen LogP contribution is 2.51. The van der Waals surface area contributed by atoms with E-state index in [9.17, 15) is 14.7 Å². The monoisotopic (exact) mass is 348 g/mol. The third-order valence-corrected chi connectivity index (χ3v) is 5.47. The molecule has 0 saturated carbocycles. The molecular formula is C19H24O6. The fourth-order valence-corrected chi connectivity index (χ4v) is 3.84. The number of hydrogen-bond acceptors (Lipinski definition) is 6. The Kier molecular flexibility index (Phi) is 4.27. The van der Waals surface area contributed by atoms with Crippen LogP contribution in [-0.4, -0.2) is 23.1 Å². The summed E-state index contributed by atoms with van der Waals surface area (Å²) >= 11 is 0. The molecule has 0 amide bonds. The van der Waals surface area contributed by atoms with E-state index in [0.717, 1.165) is 0 Å². The first-order valence-corrected chi connectivity index (χ1v) is 8.52. The topological polar surface area (TPSA) is 86.0 Å². The van der Waals surface area contributed by atoms with Crippen LogP contribution in [0.25, 0.3) is 0 Å². The number of fused-ring (bicyclic) bond motifs is 3. The minimum atomic E-state index is -1.25. The van der Waals surface area contributed by atoms with Crippen molar-refractivity contribution in [1.82, 2.24) is 0 Å². The SMILES string of the molecule is CC=C(C)C(=O)OC1CC(C)(O)c2coc(C)c2C2OC(=O)C(C)C12. The molecule has 1 N–H and O–H groups in total. The van der Waals surface area contributed by atoms with Gasteiger partial charge in [-0.25, -0.2) is 4.79 Å². The van der Waals surface area contributed by atoms with Crippen molar-refractivity contribution in [2.24, 2.45) is 11.8 Å². The van der Waals surface area contributed by atoms with Gasteiger partial charge in [0.2, 0.25) is 0 Å². The predicted molar refractivity (Wildman–Crippen MR) is 88.4 cm³/mol. The molecule has 0 spiro atoms. The highest BCUT2D eigenvalue weighted by atomic mass is 16.6. The fraction of sp³-hybridized carbons (Fsp3) is 0.579. The molecule has 1 aromatic heterocycles. The third-order valence-electron chi connectivity index (χ3n) is 5.47. The second kappa shape index (κ2) is 6.02. The summed E-state index contributed by atoms with van der Waals surface area (Å²) in [6.07, 6.45) is 2.11. The average molecular weight is 348 g/mol. The molecule has 3 rings (SSSR count). The van der Waals surface area contributed by atoms with Crippen molar-refractivity contribution in [1.29, 1.82) is 0 Å². The van der Waals surface area contributed by atoms with Gasteiger partial charge in [0.1, 0.15) is 18.0 Å². The van der Waals surface area contributed by atoms with Crippen molar-refractivity contribution < 1.29 is 28.6 Å². The number of aryl methyl sites for hydroxylation is 1. The molecule has 5 atom stereocenters. The van der Waals surface area contributed by atoms with Crippen molar-refractivity contribution >= 4 is 11.9 Å². The number of carbonyl (C=O) groups is 2.